The van der Waals surface area contributed by atoms with Crippen LogP contribution in [0.4, 0.5) is 5.95 Å². The van der Waals surface area contributed by atoms with E-state index in [1.807, 2.05) is 48.5 Å². The Labute approximate surface area is 182 Å². The van der Waals surface area contributed by atoms with E-state index in [0.29, 0.717) is 33.2 Å². The summed E-state index contributed by atoms with van der Waals surface area (Å²) < 4.78 is 0. The van der Waals surface area contributed by atoms with E-state index in [1.165, 1.54) is 0 Å². The Morgan fingerprint density at radius 3 is 1.82 bits per heavy atom. The first-order valence-corrected chi connectivity index (χ1v) is 10.1. The van der Waals surface area contributed by atoms with Gasteiger partial charge in [-0.05, 0) is 47.5 Å². The zero-order valence-electron chi connectivity index (χ0n) is 14.6. The molecule has 4 aromatic rings. The second-order valence-corrected chi connectivity index (χ2v) is 8.06. The minimum Gasteiger partial charge on any atom is -0.334 e. The summed E-state index contributed by atoms with van der Waals surface area (Å²) in [6.07, 6.45) is 0. The summed E-state index contributed by atoms with van der Waals surface area (Å²) in [6.45, 7) is 1.19. The normalized spacial score (nSPS) is 11.1. The predicted molar refractivity (Wildman–Crippen MR) is 119 cm³/mol. The zero-order valence-corrected chi connectivity index (χ0v) is 17.6. The molecule has 1 N–H and O–H groups in total. The maximum atomic E-state index is 6.20. The largest absolute Gasteiger partial charge is 0.334 e. The van der Waals surface area contributed by atoms with Crippen LogP contribution in [-0.4, -0.2) is 9.97 Å². The fourth-order valence-corrected chi connectivity index (χ4v) is 3.65. The van der Waals surface area contributed by atoms with Gasteiger partial charge in [0.2, 0.25) is 5.95 Å². The molecule has 0 unspecified atom stereocenters. The van der Waals surface area contributed by atoms with Crippen LogP contribution < -0.4 is 4.90 Å². The number of H-pyrrole nitrogens is 1. The van der Waals surface area contributed by atoms with Crippen LogP contribution in [0.25, 0.3) is 11.0 Å². The standard InChI is InChI=1S/C21H15Cl4N3/c22-15-7-5-13(9-17(15)24)11-28(12-14-6-8-16(23)18(25)10-14)21-26-19-3-1-2-4-20(19)27-21/h1-10H,11-12H2,(H,26,27). The highest BCUT2D eigenvalue weighted by molar-refractivity contribution is 6.42. The number of hydrogen-bond acceptors (Lipinski definition) is 2. The molecular formula is C21H15Cl4N3. The van der Waals surface area contributed by atoms with Crippen LogP contribution >= 0.6 is 46.4 Å². The fourth-order valence-electron chi connectivity index (χ4n) is 3.01. The van der Waals surface area contributed by atoms with Crippen molar-refractivity contribution in [3.8, 4) is 0 Å². The molecule has 1 heterocycles. The molecule has 28 heavy (non-hydrogen) atoms. The van der Waals surface area contributed by atoms with E-state index < -0.39 is 0 Å². The van der Waals surface area contributed by atoms with Crippen LogP contribution in [0.15, 0.2) is 60.7 Å². The lowest BCUT2D eigenvalue weighted by Crippen LogP contribution is -2.23. The summed E-state index contributed by atoms with van der Waals surface area (Å²) in [5.41, 5.74) is 3.93. The van der Waals surface area contributed by atoms with Gasteiger partial charge in [0.15, 0.2) is 0 Å². The number of aromatic amines is 1. The summed E-state index contributed by atoms with van der Waals surface area (Å²) in [5.74, 6) is 0.762. The van der Waals surface area contributed by atoms with Crippen molar-refractivity contribution in [1.82, 2.24) is 9.97 Å². The molecule has 3 aromatic carbocycles. The first-order valence-electron chi connectivity index (χ1n) is 8.57. The number of fused-ring (bicyclic) bond motifs is 1. The van der Waals surface area contributed by atoms with Gasteiger partial charge in [0.25, 0.3) is 0 Å². The van der Waals surface area contributed by atoms with E-state index in [0.717, 1.165) is 28.1 Å². The Morgan fingerprint density at radius 2 is 1.29 bits per heavy atom. The third-order valence-corrected chi connectivity index (χ3v) is 5.87. The first-order chi connectivity index (χ1) is 13.5. The van der Waals surface area contributed by atoms with Gasteiger partial charge in [-0.2, -0.15) is 0 Å². The minimum atomic E-state index is 0.526. The molecule has 1 aromatic heterocycles. The van der Waals surface area contributed by atoms with Gasteiger partial charge >= 0.3 is 0 Å². The molecule has 0 bridgehead atoms. The SMILES string of the molecule is Clc1ccc(CN(Cc2ccc(Cl)c(Cl)c2)c2nc3ccccc3[nH]2)cc1Cl. The lowest BCUT2D eigenvalue weighted by molar-refractivity contribution is 0.774. The average molecular weight is 451 g/mol. The van der Waals surface area contributed by atoms with E-state index in [2.05, 4.69) is 9.88 Å². The van der Waals surface area contributed by atoms with Crippen molar-refractivity contribution in [2.24, 2.45) is 0 Å². The van der Waals surface area contributed by atoms with Gasteiger partial charge in [-0.1, -0.05) is 70.7 Å². The van der Waals surface area contributed by atoms with Gasteiger partial charge < -0.3 is 9.88 Å². The molecule has 0 saturated heterocycles. The Hall–Kier alpha value is -1.91. The minimum absolute atomic E-state index is 0.526. The highest BCUT2D eigenvalue weighted by Gasteiger charge is 2.14. The number of para-hydroxylation sites is 2. The summed E-state index contributed by atoms with van der Waals surface area (Å²) in [5, 5.41) is 2.12. The molecular weight excluding hydrogens is 436 g/mol. The zero-order chi connectivity index (χ0) is 19.7. The van der Waals surface area contributed by atoms with E-state index in [1.54, 1.807) is 12.1 Å². The molecule has 4 rings (SSSR count). The summed E-state index contributed by atoms with van der Waals surface area (Å²) >= 11 is 24.5. The Morgan fingerprint density at radius 1 is 0.714 bits per heavy atom. The van der Waals surface area contributed by atoms with Crippen molar-refractivity contribution >= 4 is 63.4 Å². The molecule has 0 fully saturated rings. The number of aromatic nitrogens is 2. The van der Waals surface area contributed by atoms with Crippen LogP contribution in [0, 0.1) is 0 Å². The number of hydrogen-bond donors (Lipinski definition) is 1. The fraction of sp³-hybridized carbons (Fsp3) is 0.0952. The van der Waals surface area contributed by atoms with Crippen LogP contribution in [-0.2, 0) is 13.1 Å². The molecule has 7 heteroatoms. The van der Waals surface area contributed by atoms with Gasteiger partial charge in [-0.25, -0.2) is 4.98 Å². The van der Waals surface area contributed by atoms with Gasteiger partial charge in [-0.15, -0.1) is 0 Å². The van der Waals surface area contributed by atoms with Crippen LogP contribution in [0.1, 0.15) is 11.1 Å². The van der Waals surface area contributed by atoms with Crippen LogP contribution in [0.5, 0.6) is 0 Å². The molecule has 0 aliphatic carbocycles. The van der Waals surface area contributed by atoms with Crippen molar-refractivity contribution in [1.29, 1.82) is 0 Å². The van der Waals surface area contributed by atoms with Crippen molar-refractivity contribution in [2.45, 2.75) is 13.1 Å². The number of rotatable bonds is 5. The smallest absolute Gasteiger partial charge is 0.204 e. The maximum absolute atomic E-state index is 6.20. The summed E-state index contributed by atoms with van der Waals surface area (Å²) in [6, 6.07) is 19.2. The number of nitrogens with zero attached hydrogens (tertiary/aromatic N) is 2. The molecule has 0 aliphatic heterocycles. The topological polar surface area (TPSA) is 31.9 Å². The number of benzene rings is 3. The van der Waals surface area contributed by atoms with Crippen molar-refractivity contribution in [3.05, 3.63) is 91.9 Å². The summed E-state index contributed by atoms with van der Waals surface area (Å²) in [4.78, 5) is 10.2. The molecule has 3 nitrogen and oxygen atoms in total. The second-order valence-electron chi connectivity index (χ2n) is 6.43. The number of halogens is 4. The Kier molecular flexibility index (Phi) is 5.70. The van der Waals surface area contributed by atoms with E-state index in [9.17, 15) is 0 Å². The highest BCUT2D eigenvalue weighted by Crippen LogP contribution is 2.27. The van der Waals surface area contributed by atoms with E-state index in [-0.39, 0.29) is 0 Å². The van der Waals surface area contributed by atoms with Crippen LogP contribution in [0.3, 0.4) is 0 Å². The number of anilines is 1. The lowest BCUT2D eigenvalue weighted by atomic mass is 10.1. The third kappa shape index (κ3) is 4.23. The monoisotopic (exact) mass is 449 g/mol. The van der Waals surface area contributed by atoms with Crippen molar-refractivity contribution < 1.29 is 0 Å². The average Bonchev–Trinajstić information content (AvgIpc) is 3.11. The maximum Gasteiger partial charge on any atom is 0.204 e. The molecule has 0 spiro atoms. The lowest BCUT2D eigenvalue weighted by Gasteiger charge is -2.23. The molecule has 0 radical (unpaired) electrons. The van der Waals surface area contributed by atoms with E-state index >= 15 is 0 Å². The number of imidazole rings is 1. The van der Waals surface area contributed by atoms with Crippen LogP contribution in [0.2, 0.25) is 20.1 Å². The summed E-state index contributed by atoms with van der Waals surface area (Å²) in [7, 11) is 0. The van der Waals surface area contributed by atoms with Gasteiger partial charge in [0, 0.05) is 13.1 Å². The van der Waals surface area contributed by atoms with Crippen molar-refractivity contribution in [2.75, 3.05) is 4.90 Å². The third-order valence-electron chi connectivity index (χ3n) is 4.39. The predicted octanol–water partition coefficient (Wildman–Crippen LogP) is 7.38. The molecule has 142 valence electrons. The quantitative estimate of drug-likeness (QED) is 0.343. The van der Waals surface area contributed by atoms with Gasteiger partial charge in [0.05, 0.1) is 31.1 Å². The molecule has 0 amide bonds. The molecule has 0 aliphatic rings. The Balaban J connectivity index is 1.70. The highest BCUT2D eigenvalue weighted by atomic mass is 35.5. The van der Waals surface area contributed by atoms with Gasteiger partial charge in [0.1, 0.15) is 0 Å². The molecule has 0 atom stereocenters. The first kappa shape index (κ1) is 19.4. The molecule has 0 saturated carbocycles. The van der Waals surface area contributed by atoms with Gasteiger partial charge in [-0.3, -0.25) is 0 Å². The number of nitrogens with one attached hydrogen (secondary N) is 1. The van der Waals surface area contributed by atoms with E-state index in [4.69, 9.17) is 51.4 Å². The second kappa shape index (κ2) is 8.22. The Bertz CT molecular complexity index is 1050. The van der Waals surface area contributed by atoms with Crippen molar-refractivity contribution in [3.63, 3.8) is 0 Å².